The van der Waals surface area contributed by atoms with Crippen LogP contribution >= 0.6 is 0 Å². The Bertz CT molecular complexity index is 499. The molecule has 1 fully saturated rings. The molecule has 1 aliphatic heterocycles. The molecule has 1 saturated heterocycles. The molecule has 0 aliphatic carbocycles. The maximum atomic E-state index is 12.0. The summed E-state index contributed by atoms with van der Waals surface area (Å²) in [4.78, 5) is 36.2. The summed E-state index contributed by atoms with van der Waals surface area (Å²) in [5.74, 6) is -1.26. The van der Waals surface area contributed by atoms with Crippen LogP contribution in [0, 0.1) is 0 Å². The molecule has 106 valence electrons. The summed E-state index contributed by atoms with van der Waals surface area (Å²) in [6.07, 6.45) is -0.934. The third-order valence-electron chi connectivity index (χ3n) is 3.08. The van der Waals surface area contributed by atoms with Crippen LogP contribution in [0.1, 0.15) is 18.4 Å². The minimum Gasteiger partial charge on any atom is -0.352 e. The molecule has 0 saturated carbocycles. The molecule has 0 spiro atoms. The van der Waals surface area contributed by atoms with E-state index in [1.54, 1.807) is 0 Å². The van der Waals surface area contributed by atoms with Crippen LogP contribution in [0.3, 0.4) is 0 Å². The van der Waals surface area contributed by atoms with Gasteiger partial charge in [-0.3, -0.25) is 14.4 Å². The van der Waals surface area contributed by atoms with E-state index in [1.165, 1.54) is 7.11 Å². The van der Waals surface area contributed by atoms with E-state index in [1.807, 2.05) is 30.3 Å². The number of hydrogen-bond acceptors (Lipinski definition) is 4. The van der Waals surface area contributed by atoms with Crippen molar-refractivity contribution in [3.05, 3.63) is 35.9 Å². The fourth-order valence-corrected chi connectivity index (χ4v) is 2.06. The lowest BCUT2D eigenvalue weighted by atomic mass is 10.2. The first kappa shape index (κ1) is 14.2. The van der Waals surface area contributed by atoms with Crippen LogP contribution in [0.25, 0.3) is 0 Å². The topological polar surface area (TPSA) is 75.7 Å². The quantitative estimate of drug-likeness (QED) is 0.791. The predicted molar refractivity (Wildman–Crippen MR) is 70.2 cm³/mol. The third-order valence-corrected chi connectivity index (χ3v) is 3.08. The number of nitrogens with zero attached hydrogens (tertiary/aromatic N) is 1. The number of rotatable bonds is 5. The highest BCUT2D eigenvalue weighted by Gasteiger charge is 2.38. The second-order valence-corrected chi connectivity index (χ2v) is 4.45. The van der Waals surface area contributed by atoms with Gasteiger partial charge in [0.1, 0.15) is 0 Å². The lowest BCUT2D eigenvalue weighted by molar-refractivity contribution is -0.161. The van der Waals surface area contributed by atoms with Crippen LogP contribution in [0.5, 0.6) is 0 Å². The highest BCUT2D eigenvalue weighted by atomic mass is 16.5. The Morgan fingerprint density at radius 2 is 1.85 bits per heavy atom. The summed E-state index contributed by atoms with van der Waals surface area (Å²) in [6.45, 7) is 0.315. The van der Waals surface area contributed by atoms with Gasteiger partial charge in [0.25, 0.3) is 5.91 Å². The van der Waals surface area contributed by atoms with E-state index in [2.05, 4.69) is 5.32 Å². The molecule has 1 unspecified atom stereocenters. The maximum absolute atomic E-state index is 12.0. The number of imide groups is 1. The zero-order valence-electron chi connectivity index (χ0n) is 11.2. The molecular formula is C14H16N2O4. The van der Waals surface area contributed by atoms with Crippen molar-refractivity contribution in [2.24, 2.45) is 0 Å². The second-order valence-electron chi connectivity index (χ2n) is 4.45. The number of carbonyl (C=O) groups is 3. The van der Waals surface area contributed by atoms with Crippen molar-refractivity contribution in [1.82, 2.24) is 10.2 Å². The Balaban J connectivity index is 1.99. The predicted octanol–water partition coefficient (Wildman–Crippen LogP) is 0.424. The zero-order chi connectivity index (χ0) is 14.5. The van der Waals surface area contributed by atoms with E-state index in [4.69, 9.17) is 4.74 Å². The number of benzene rings is 1. The van der Waals surface area contributed by atoms with Crippen LogP contribution in [0.15, 0.2) is 30.3 Å². The minimum atomic E-state index is -1.19. The van der Waals surface area contributed by atoms with Crippen LogP contribution in [0.2, 0.25) is 0 Å². The van der Waals surface area contributed by atoms with Gasteiger partial charge in [0.15, 0.2) is 0 Å². The molecule has 0 aromatic heterocycles. The second kappa shape index (κ2) is 6.29. The van der Waals surface area contributed by atoms with Gasteiger partial charge in [-0.15, -0.1) is 0 Å². The molecule has 0 radical (unpaired) electrons. The Morgan fingerprint density at radius 1 is 1.25 bits per heavy atom. The summed E-state index contributed by atoms with van der Waals surface area (Å²) in [6, 6.07) is 9.35. The van der Waals surface area contributed by atoms with Crippen molar-refractivity contribution < 1.29 is 19.1 Å². The first-order valence-corrected chi connectivity index (χ1v) is 6.33. The first-order chi connectivity index (χ1) is 9.63. The molecule has 1 atom stereocenters. The molecule has 1 aromatic carbocycles. The Kier molecular flexibility index (Phi) is 4.47. The zero-order valence-corrected chi connectivity index (χ0v) is 11.2. The summed E-state index contributed by atoms with van der Waals surface area (Å²) < 4.78 is 5.00. The lowest BCUT2D eigenvalue weighted by Crippen LogP contribution is -2.50. The normalized spacial score (nSPS) is 16.4. The molecule has 20 heavy (non-hydrogen) atoms. The van der Waals surface area contributed by atoms with Crippen molar-refractivity contribution in [3.63, 3.8) is 0 Å². The number of carbonyl (C=O) groups excluding carboxylic acids is 3. The first-order valence-electron chi connectivity index (χ1n) is 6.33. The van der Waals surface area contributed by atoms with Gasteiger partial charge in [-0.05, 0) is 5.56 Å². The van der Waals surface area contributed by atoms with Crippen LogP contribution in [0.4, 0.5) is 0 Å². The molecule has 6 heteroatoms. The van der Waals surface area contributed by atoms with E-state index >= 15 is 0 Å². The number of hydrogen-bond donors (Lipinski definition) is 1. The van der Waals surface area contributed by atoms with E-state index < -0.39 is 12.1 Å². The van der Waals surface area contributed by atoms with Crippen LogP contribution in [-0.4, -0.2) is 36.0 Å². The standard InChI is InChI=1S/C14H16N2O4/c1-20-14(16-11(17)7-8-12(16)18)13(19)15-9-10-5-3-2-4-6-10/h2-6,14H,7-9H2,1H3,(H,15,19). The van der Waals surface area contributed by atoms with Crippen molar-refractivity contribution in [2.75, 3.05) is 7.11 Å². The molecule has 6 nitrogen and oxygen atoms in total. The molecule has 0 bridgehead atoms. The fraction of sp³-hybridized carbons (Fsp3) is 0.357. The Hall–Kier alpha value is -2.21. The average Bonchev–Trinajstić information content (AvgIpc) is 2.79. The van der Waals surface area contributed by atoms with Gasteiger partial charge < -0.3 is 10.1 Å². The van der Waals surface area contributed by atoms with E-state index in [-0.39, 0.29) is 24.7 Å². The number of methoxy groups -OCH3 is 1. The van der Waals surface area contributed by atoms with Crippen molar-refractivity contribution >= 4 is 17.7 Å². The average molecular weight is 276 g/mol. The highest BCUT2D eigenvalue weighted by Crippen LogP contribution is 2.16. The summed E-state index contributed by atoms with van der Waals surface area (Å²) >= 11 is 0. The van der Waals surface area contributed by atoms with Gasteiger partial charge in [0.2, 0.25) is 18.0 Å². The SMILES string of the molecule is COC(C(=O)NCc1ccccc1)N1C(=O)CCC1=O. The number of amides is 3. The van der Waals surface area contributed by atoms with Gasteiger partial charge in [0, 0.05) is 26.5 Å². The lowest BCUT2D eigenvalue weighted by Gasteiger charge is -2.23. The minimum absolute atomic E-state index is 0.130. The van der Waals surface area contributed by atoms with Gasteiger partial charge in [-0.25, -0.2) is 4.90 Å². The molecule has 1 heterocycles. The van der Waals surface area contributed by atoms with Crippen LogP contribution < -0.4 is 5.32 Å². The Morgan fingerprint density at radius 3 is 2.40 bits per heavy atom. The van der Waals surface area contributed by atoms with E-state index in [0.29, 0.717) is 6.54 Å². The van der Waals surface area contributed by atoms with E-state index in [9.17, 15) is 14.4 Å². The van der Waals surface area contributed by atoms with E-state index in [0.717, 1.165) is 10.5 Å². The number of likely N-dealkylation sites (tertiary alicyclic amines) is 1. The number of nitrogens with one attached hydrogen (secondary N) is 1. The monoisotopic (exact) mass is 276 g/mol. The van der Waals surface area contributed by atoms with Crippen molar-refractivity contribution in [3.8, 4) is 0 Å². The third kappa shape index (κ3) is 3.03. The van der Waals surface area contributed by atoms with Crippen molar-refractivity contribution in [1.29, 1.82) is 0 Å². The molecule has 2 rings (SSSR count). The Labute approximate surface area is 116 Å². The number of ether oxygens (including phenoxy) is 1. The summed E-state index contributed by atoms with van der Waals surface area (Å²) in [5.41, 5.74) is 0.926. The summed E-state index contributed by atoms with van der Waals surface area (Å²) in [5, 5.41) is 2.66. The smallest absolute Gasteiger partial charge is 0.271 e. The van der Waals surface area contributed by atoms with Gasteiger partial charge in [0.05, 0.1) is 0 Å². The van der Waals surface area contributed by atoms with Gasteiger partial charge in [-0.1, -0.05) is 30.3 Å². The van der Waals surface area contributed by atoms with Crippen molar-refractivity contribution in [2.45, 2.75) is 25.6 Å². The molecule has 1 aromatic rings. The van der Waals surface area contributed by atoms with Crippen LogP contribution in [-0.2, 0) is 25.7 Å². The van der Waals surface area contributed by atoms with Gasteiger partial charge in [-0.2, -0.15) is 0 Å². The maximum Gasteiger partial charge on any atom is 0.271 e. The molecule has 1 N–H and O–H groups in total. The highest BCUT2D eigenvalue weighted by molar-refractivity contribution is 6.05. The summed E-state index contributed by atoms with van der Waals surface area (Å²) in [7, 11) is 1.30. The fourth-order valence-electron chi connectivity index (χ4n) is 2.06. The molecule has 3 amide bonds. The van der Waals surface area contributed by atoms with Gasteiger partial charge >= 0.3 is 0 Å². The largest absolute Gasteiger partial charge is 0.352 e. The molecular weight excluding hydrogens is 260 g/mol. The molecule has 1 aliphatic rings.